The topological polar surface area (TPSA) is 51.8 Å². The van der Waals surface area contributed by atoms with Gasteiger partial charge in [-0.15, -0.1) is 5.10 Å². The minimum atomic E-state index is -0.259. The van der Waals surface area contributed by atoms with E-state index in [9.17, 15) is 4.39 Å². The van der Waals surface area contributed by atoms with Crippen LogP contribution in [0.3, 0.4) is 0 Å². The van der Waals surface area contributed by atoms with Gasteiger partial charge in [-0.05, 0) is 42.6 Å². The van der Waals surface area contributed by atoms with Gasteiger partial charge in [-0.2, -0.15) is 0 Å². The van der Waals surface area contributed by atoms with Crippen LogP contribution in [0.25, 0.3) is 0 Å². The number of hydrogen-bond acceptors (Lipinski definition) is 4. The van der Waals surface area contributed by atoms with Gasteiger partial charge in [-0.3, -0.25) is 0 Å². The van der Waals surface area contributed by atoms with Crippen LogP contribution >= 0.6 is 27.5 Å². The van der Waals surface area contributed by atoms with Gasteiger partial charge >= 0.3 is 0 Å². The maximum atomic E-state index is 13.6. The predicted molar refractivity (Wildman–Crippen MR) is 69.4 cm³/mol. The summed E-state index contributed by atoms with van der Waals surface area (Å²) in [6.45, 7) is 1.86. The smallest absolute Gasteiger partial charge is 0.127 e. The fourth-order valence-electron chi connectivity index (χ4n) is 1.59. The Bertz CT molecular complexity index is 529. The molecule has 90 valence electrons. The zero-order valence-corrected chi connectivity index (χ0v) is 11.6. The van der Waals surface area contributed by atoms with Crippen molar-refractivity contribution in [2.75, 3.05) is 0 Å². The fraction of sp³-hybridized carbons (Fsp3) is 0.273. The molecular weight excluding hydrogens is 305 g/mol. The minimum absolute atomic E-state index is 0.245. The van der Waals surface area contributed by atoms with Gasteiger partial charge in [0.1, 0.15) is 5.82 Å². The van der Waals surface area contributed by atoms with E-state index in [1.807, 2.05) is 13.0 Å². The number of nitrogens with zero attached hydrogens (tertiary/aromatic N) is 2. The van der Waals surface area contributed by atoms with Crippen LogP contribution in [0, 0.1) is 12.7 Å². The molecule has 0 radical (unpaired) electrons. The minimum Gasteiger partial charge on any atom is -0.323 e. The molecule has 2 N–H and O–H groups in total. The molecule has 0 aliphatic heterocycles. The molecule has 0 aliphatic rings. The summed E-state index contributed by atoms with van der Waals surface area (Å²) in [5.74, 6) is -0.245. The molecule has 1 atom stereocenters. The molecular formula is C11H11BrFN3S. The Kier molecular flexibility index (Phi) is 3.86. The van der Waals surface area contributed by atoms with E-state index < -0.39 is 0 Å². The van der Waals surface area contributed by atoms with E-state index in [0.29, 0.717) is 12.0 Å². The predicted octanol–water partition coefficient (Wildman–Crippen LogP) is 2.99. The first-order valence-corrected chi connectivity index (χ1v) is 6.63. The summed E-state index contributed by atoms with van der Waals surface area (Å²) in [7, 11) is 0. The third-order valence-electron chi connectivity index (χ3n) is 2.48. The highest BCUT2D eigenvalue weighted by atomic mass is 79.9. The molecule has 2 aromatic rings. The summed E-state index contributed by atoms with van der Waals surface area (Å²) < 4.78 is 18.2. The van der Waals surface area contributed by atoms with E-state index >= 15 is 0 Å². The number of halogens is 2. The van der Waals surface area contributed by atoms with Crippen molar-refractivity contribution in [1.82, 2.24) is 9.59 Å². The maximum absolute atomic E-state index is 13.6. The molecule has 1 heterocycles. The number of aromatic nitrogens is 2. The summed E-state index contributed by atoms with van der Waals surface area (Å²) in [4.78, 5) is 0.910. The second-order valence-corrected chi connectivity index (χ2v) is 5.47. The van der Waals surface area contributed by atoms with E-state index in [1.54, 1.807) is 6.07 Å². The third kappa shape index (κ3) is 2.88. The van der Waals surface area contributed by atoms with Crippen LogP contribution in [0.15, 0.2) is 22.7 Å². The first-order chi connectivity index (χ1) is 8.08. The van der Waals surface area contributed by atoms with Crippen LogP contribution in [-0.2, 0) is 6.42 Å². The summed E-state index contributed by atoms with van der Waals surface area (Å²) in [6.07, 6.45) is 0.448. The second kappa shape index (κ2) is 5.20. The van der Waals surface area contributed by atoms with Crippen molar-refractivity contribution in [2.45, 2.75) is 19.4 Å². The zero-order chi connectivity index (χ0) is 12.4. The fourth-order valence-corrected chi connectivity index (χ4v) is 2.57. The van der Waals surface area contributed by atoms with Gasteiger partial charge in [-0.25, -0.2) is 4.39 Å². The molecule has 0 saturated heterocycles. The average molecular weight is 316 g/mol. The monoisotopic (exact) mass is 315 g/mol. The number of nitrogens with two attached hydrogens (primary N) is 1. The van der Waals surface area contributed by atoms with Gasteiger partial charge in [0, 0.05) is 10.5 Å². The molecule has 0 amide bonds. The number of aryl methyl sites for hydroxylation is 1. The first-order valence-electron chi connectivity index (χ1n) is 5.06. The molecule has 0 aliphatic carbocycles. The van der Waals surface area contributed by atoms with Crippen molar-refractivity contribution in [3.05, 3.63) is 44.6 Å². The van der Waals surface area contributed by atoms with Gasteiger partial charge in [-0.1, -0.05) is 26.5 Å². The Morgan fingerprint density at radius 1 is 1.53 bits per heavy atom. The maximum Gasteiger partial charge on any atom is 0.127 e. The Labute approximate surface area is 111 Å². The largest absolute Gasteiger partial charge is 0.323 e. The summed E-state index contributed by atoms with van der Waals surface area (Å²) in [5, 5.41) is 3.90. The van der Waals surface area contributed by atoms with Crippen LogP contribution < -0.4 is 5.73 Å². The lowest BCUT2D eigenvalue weighted by Crippen LogP contribution is -2.14. The van der Waals surface area contributed by atoms with Crippen LogP contribution in [0.5, 0.6) is 0 Å². The lowest BCUT2D eigenvalue weighted by atomic mass is 10.0. The molecule has 1 aromatic carbocycles. The second-order valence-electron chi connectivity index (χ2n) is 3.77. The van der Waals surface area contributed by atoms with Crippen LogP contribution in [-0.4, -0.2) is 9.59 Å². The van der Waals surface area contributed by atoms with Crippen LogP contribution in [0.2, 0.25) is 0 Å². The first kappa shape index (κ1) is 12.6. The van der Waals surface area contributed by atoms with Crippen LogP contribution in [0.4, 0.5) is 4.39 Å². The summed E-state index contributed by atoms with van der Waals surface area (Å²) in [5.41, 5.74) is 7.46. The van der Waals surface area contributed by atoms with Crippen molar-refractivity contribution in [3.8, 4) is 0 Å². The van der Waals surface area contributed by atoms with Gasteiger partial charge in [0.05, 0.1) is 10.6 Å². The van der Waals surface area contributed by atoms with E-state index in [1.165, 1.54) is 17.6 Å². The molecule has 0 fully saturated rings. The van der Waals surface area contributed by atoms with Crippen molar-refractivity contribution >= 4 is 27.5 Å². The van der Waals surface area contributed by atoms with Gasteiger partial charge < -0.3 is 5.73 Å². The molecule has 1 unspecified atom stereocenters. The Morgan fingerprint density at radius 2 is 2.29 bits per heavy atom. The highest BCUT2D eigenvalue weighted by Crippen LogP contribution is 2.24. The Hall–Kier alpha value is -0.850. The normalized spacial score (nSPS) is 12.7. The van der Waals surface area contributed by atoms with Crippen molar-refractivity contribution in [2.24, 2.45) is 5.73 Å². The Balaban J connectivity index is 2.19. The third-order valence-corrected chi connectivity index (χ3v) is 3.93. The molecule has 17 heavy (non-hydrogen) atoms. The summed E-state index contributed by atoms with van der Waals surface area (Å²) in [6, 6.07) is 4.73. The Morgan fingerprint density at radius 3 is 2.88 bits per heavy atom. The van der Waals surface area contributed by atoms with E-state index in [0.717, 1.165) is 15.0 Å². The van der Waals surface area contributed by atoms with Crippen molar-refractivity contribution in [3.63, 3.8) is 0 Å². The quantitative estimate of drug-likeness (QED) is 0.947. The van der Waals surface area contributed by atoms with Gasteiger partial charge in [0.15, 0.2) is 0 Å². The summed E-state index contributed by atoms with van der Waals surface area (Å²) >= 11 is 4.49. The lowest BCUT2D eigenvalue weighted by molar-refractivity contribution is 0.593. The van der Waals surface area contributed by atoms with Gasteiger partial charge in [0.25, 0.3) is 0 Å². The standard InChI is InChI=1S/C11H11BrFN3S/c1-6-11(17-16-15-6)10(14)4-7-2-3-8(12)5-9(7)13/h2-3,5,10H,4,14H2,1H3. The molecule has 0 saturated carbocycles. The average Bonchev–Trinajstić information content (AvgIpc) is 2.68. The molecule has 3 nitrogen and oxygen atoms in total. The molecule has 6 heteroatoms. The highest BCUT2D eigenvalue weighted by molar-refractivity contribution is 9.10. The molecule has 0 bridgehead atoms. The SMILES string of the molecule is Cc1nnsc1C(N)Cc1ccc(Br)cc1F. The number of rotatable bonds is 3. The lowest BCUT2D eigenvalue weighted by Gasteiger charge is -2.10. The van der Waals surface area contributed by atoms with Crippen molar-refractivity contribution < 1.29 is 4.39 Å². The highest BCUT2D eigenvalue weighted by Gasteiger charge is 2.15. The van der Waals surface area contributed by atoms with Crippen LogP contribution in [0.1, 0.15) is 22.2 Å². The van der Waals surface area contributed by atoms with Gasteiger partial charge in [0.2, 0.25) is 0 Å². The van der Waals surface area contributed by atoms with Crippen molar-refractivity contribution in [1.29, 1.82) is 0 Å². The van der Waals surface area contributed by atoms with E-state index in [4.69, 9.17) is 5.73 Å². The number of hydrogen-bond donors (Lipinski definition) is 1. The molecule has 0 spiro atoms. The van der Waals surface area contributed by atoms with E-state index in [2.05, 4.69) is 25.5 Å². The van der Waals surface area contributed by atoms with E-state index in [-0.39, 0.29) is 11.9 Å². The number of benzene rings is 1. The molecule has 2 rings (SSSR count). The molecule has 1 aromatic heterocycles. The zero-order valence-electron chi connectivity index (χ0n) is 9.15.